The Morgan fingerprint density at radius 1 is 0.938 bits per heavy atom. The lowest BCUT2D eigenvalue weighted by atomic mass is 10.0. The van der Waals surface area contributed by atoms with Crippen molar-refractivity contribution >= 4 is 5.78 Å². The summed E-state index contributed by atoms with van der Waals surface area (Å²) in [5, 5.41) is 0. The molecule has 0 saturated heterocycles. The van der Waals surface area contributed by atoms with E-state index in [0.29, 0.717) is 6.42 Å². The maximum atomic E-state index is 11.7. The fraction of sp³-hybridized carbons (Fsp3) is 0.500. The normalized spacial score (nSPS) is 10.3. The van der Waals surface area contributed by atoms with E-state index >= 15 is 0 Å². The number of ketones is 1. The molecule has 2 nitrogen and oxygen atoms in total. The van der Waals surface area contributed by atoms with E-state index in [-0.39, 0.29) is 5.78 Å². The van der Waals surface area contributed by atoms with Crippen LogP contribution in [0.1, 0.15) is 48.9 Å². The quantitative estimate of drug-likeness (QED) is 0.539. The van der Waals surface area contributed by atoms with Crippen LogP contribution in [0.5, 0.6) is 0 Å². The Balaban J connectivity index is 2.12. The first kappa shape index (κ1) is 12.9. The molecule has 2 heteroatoms. The Kier molecular flexibility index (Phi) is 6.50. The lowest BCUT2D eigenvalue weighted by Crippen LogP contribution is -1.99. The minimum atomic E-state index is 0.263. The highest BCUT2D eigenvalue weighted by molar-refractivity contribution is 5.95. The third kappa shape index (κ3) is 5.08. The van der Waals surface area contributed by atoms with Crippen molar-refractivity contribution in [3.63, 3.8) is 0 Å². The fourth-order valence-corrected chi connectivity index (χ4v) is 1.73. The summed E-state index contributed by atoms with van der Waals surface area (Å²) in [5.41, 5.74) is 6.25. The van der Waals surface area contributed by atoms with Crippen LogP contribution in [0.4, 0.5) is 0 Å². The lowest BCUT2D eigenvalue weighted by molar-refractivity contribution is 0.0979. The SMILES string of the molecule is NCCCCCCCC(=O)c1ccccc1. The number of hydrogen-bond donors (Lipinski definition) is 1. The van der Waals surface area contributed by atoms with Gasteiger partial charge in [-0.1, -0.05) is 49.6 Å². The van der Waals surface area contributed by atoms with Gasteiger partial charge < -0.3 is 5.73 Å². The average molecular weight is 219 g/mol. The van der Waals surface area contributed by atoms with Gasteiger partial charge in [-0.05, 0) is 19.4 Å². The largest absolute Gasteiger partial charge is 0.330 e. The molecule has 16 heavy (non-hydrogen) atoms. The summed E-state index contributed by atoms with van der Waals surface area (Å²) in [6.07, 6.45) is 6.30. The number of nitrogens with two attached hydrogens (primary N) is 1. The molecule has 0 fully saturated rings. The zero-order valence-electron chi connectivity index (χ0n) is 9.82. The first-order chi connectivity index (χ1) is 7.84. The molecule has 0 aliphatic carbocycles. The van der Waals surface area contributed by atoms with Crippen molar-refractivity contribution in [1.82, 2.24) is 0 Å². The summed E-state index contributed by atoms with van der Waals surface area (Å²) < 4.78 is 0. The van der Waals surface area contributed by atoms with Crippen LogP contribution < -0.4 is 5.73 Å². The van der Waals surface area contributed by atoms with Gasteiger partial charge in [0.25, 0.3) is 0 Å². The zero-order chi connectivity index (χ0) is 11.6. The van der Waals surface area contributed by atoms with Gasteiger partial charge in [0.05, 0.1) is 0 Å². The molecule has 0 unspecified atom stereocenters. The number of hydrogen-bond acceptors (Lipinski definition) is 2. The van der Waals surface area contributed by atoms with Crippen molar-refractivity contribution in [3.05, 3.63) is 35.9 Å². The Labute approximate surface area is 97.9 Å². The molecule has 0 atom stereocenters. The molecule has 0 radical (unpaired) electrons. The van der Waals surface area contributed by atoms with E-state index in [9.17, 15) is 4.79 Å². The van der Waals surface area contributed by atoms with Gasteiger partial charge in [0.2, 0.25) is 0 Å². The first-order valence-electron chi connectivity index (χ1n) is 6.13. The molecule has 1 rings (SSSR count). The molecule has 0 spiro atoms. The van der Waals surface area contributed by atoms with E-state index in [4.69, 9.17) is 5.73 Å². The van der Waals surface area contributed by atoms with Crippen molar-refractivity contribution < 1.29 is 4.79 Å². The predicted molar refractivity (Wildman–Crippen MR) is 67.5 cm³/mol. The summed E-state index contributed by atoms with van der Waals surface area (Å²) in [6.45, 7) is 0.781. The Bertz CT molecular complexity index is 295. The van der Waals surface area contributed by atoms with Gasteiger partial charge in [-0.2, -0.15) is 0 Å². The van der Waals surface area contributed by atoms with Crippen LogP contribution in [-0.2, 0) is 0 Å². The van der Waals surface area contributed by atoms with E-state index in [2.05, 4.69) is 0 Å². The molecular weight excluding hydrogens is 198 g/mol. The van der Waals surface area contributed by atoms with Crippen molar-refractivity contribution in [3.8, 4) is 0 Å². The van der Waals surface area contributed by atoms with Crippen molar-refractivity contribution in [1.29, 1.82) is 0 Å². The second-order valence-electron chi connectivity index (χ2n) is 4.10. The number of benzene rings is 1. The van der Waals surface area contributed by atoms with Crippen molar-refractivity contribution in [2.75, 3.05) is 6.54 Å². The van der Waals surface area contributed by atoms with Gasteiger partial charge in [-0.25, -0.2) is 0 Å². The second-order valence-corrected chi connectivity index (χ2v) is 4.10. The fourth-order valence-electron chi connectivity index (χ4n) is 1.73. The van der Waals surface area contributed by atoms with Gasteiger partial charge in [-0.3, -0.25) is 4.79 Å². The Hall–Kier alpha value is -1.15. The number of unbranched alkanes of at least 4 members (excludes halogenated alkanes) is 4. The van der Waals surface area contributed by atoms with Gasteiger partial charge in [0.1, 0.15) is 0 Å². The van der Waals surface area contributed by atoms with Crippen LogP contribution in [0, 0.1) is 0 Å². The van der Waals surface area contributed by atoms with Crippen LogP contribution in [-0.4, -0.2) is 12.3 Å². The molecule has 0 bridgehead atoms. The highest BCUT2D eigenvalue weighted by Crippen LogP contribution is 2.09. The minimum absolute atomic E-state index is 0.263. The van der Waals surface area contributed by atoms with Crippen LogP contribution in [0.2, 0.25) is 0 Å². The van der Waals surface area contributed by atoms with Crippen LogP contribution in [0.15, 0.2) is 30.3 Å². The third-order valence-electron chi connectivity index (χ3n) is 2.70. The third-order valence-corrected chi connectivity index (χ3v) is 2.70. The summed E-state index contributed by atoms with van der Waals surface area (Å²) in [6, 6.07) is 9.53. The molecule has 0 aliphatic heterocycles. The monoisotopic (exact) mass is 219 g/mol. The van der Waals surface area contributed by atoms with Gasteiger partial charge in [0, 0.05) is 12.0 Å². The van der Waals surface area contributed by atoms with E-state index in [1.54, 1.807) is 0 Å². The molecule has 0 aromatic heterocycles. The molecule has 0 amide bonds. The van der Waals surface area contributed by atoms with Crippen LogP contribution >= 0.6 is 0 Å². The smallest absolute Gasteiger partial charge is 0.162 e. The molecule has 0 aliphatic rings. The Morgan fingerprint density at radius 2 is 1.56 bits per heavy atom. The molecule has 0 heterocycles. The highest BCUT2D eigenvalue weighted by Gasteiger charge is 2.03. The minimum Gasteiger partial charge on any atom is -0.330 e. The highest BCUT2D eigenvalue weighted by atomic mass is 16.1. The van der Waals surface area contributed by atoms with Gasteiger partial charge in [0.15, 0.2) is 5.78 Å². The average Bonchev–Trinajstić information content (AvgIpc) is 2.34. The molecule has 0 saturated carbocycles. The topological polar surface area (TPSA) is 43.1 Å². The van der Waals surface area contributed by atoms with Crippen molar-refractivity contribution in [2.24, 2.45) is 5.73 Å². The van der Waals surface area contributed by atoms with E-state index in [1.807, 2.05) is 30.3 Å². The molecule has 1 aromatic rings. The lowest BCUT2D eigenvalue weighted by Gasteiger charge is -2.01. The standard InChI is InChI=1S/C14H21NO/c15-12-8-3-1-2-7-11-14(16)13-9-5-4-6-10-13/h4-6,9-10H,1-3,7-8,11-12,15H2. The summed E-state index contributed by atoms with van der Waals surface area (Å²) >= 11 is 0. The van der Waals surface area contributed by atoms with Crippen LogP contribution in [0.3, 0.4) is 0 Å². The maximum absolute atomic E-state index is 11.7. The van der Waals surface area contributed by atoms with E-state index in [1.165, 1.54) is 12.8 Å². The summed E-state index contributed by atoms with van der Waals surface area (Å²) in [7, 11) is 0. The number of Topliss-reactive ketones (excluding diaryl/α,β-unsaturated/α-hetero) is 1. The summed E-state index contributed by atoms with van der Waals surface area (Å²) in [5.74, 6) is 0.263. The van der Waals surface area contributed by atoms with Gasteiger partial charge >= 0.3 is 0 Å². The molecule has 1 aromatic carbocycles. The first-order valence-corrected chi connectivity index (χ1v) is 6.13. The Morgan fingerprint density at radius 3 is 2.25 bits per heavy atom. The van der Waals surface area contributed by atoms with E-state index in [0.717, 1.165) is 31.4 Å². The van der Waals surface area contributed by atoms with E-state index < -0.39 is 0 Å². The van der Waals surface area contributed by atoms with Crippen molar-refractivity contribution in [2.45, 2.75) is 38.5 Å². The maximum Gasteiger partial charge on any atom is 0.162 e. The number of carbonyl (C=O) groups excluding carboxylic acids is 1. The zero-order valence-corrected chi connectivity index (χ0v) is 9.82. The van der Waals surface area contributed by atoms with Crippen LogP contribution in [0.25, 0.3) is 0 Å². The summed E-state index contributed by atoms with van der Waals surface area (Å²) in [4.78, 5) is 11.7. The second kappa shape index (κ2) is 8.05. The molecule has 88 valence electrons. The molecular formula is C14H21NO. The number of carbonyl (C=O) groups is 1. The number of rotatable bonds is 8. The molecule has 2 N–H and O–H groups in total. The predicted octanol–water partition coefficient (Wildman–Crippen LogP) is 3.17. The van der Waals surface area contributed by atoms with Gasteiger partial charge in [-0.15, -0.1) is 0 Å².